The van der Waals surface area contributed by atoms with Crippen LogP contribution in [0.3, 0.4) is 0 Å². The minimum Gasteiger partial charge on any atom is -0.441 e. The second-order valence-corrected chi connectivity index (χ2v) is 5.90. The molecule has 3 atom stereocenters. The van der Waals surface area contributed by atoms with E-state index in [1.54, 1.807) is 0 Å². The van der Waals surface area contributed by atoms with Gasteiger partial charge in [-0.1, -0.05) is 12.1 Å². The molecule has 1 aromatic rings. The maximum atomic E-state index is 11.7. The van der Waals surface area contributed by atoms with Crippen LogP contribution in [0.25, 0.3) is 0 Å². The molecule has 6 heteroatoms. The summed E-state index contributed by atoms with van der Waals surface area (Å²) < 4.78 is 5.03. The zero-order valence-electron chi connectivity index (χ0n) is 12.2. The van der Waals surface area contributed by atoms with E-state index in [1.165, 1.54) is 4.90 Å². The Labute approximate surface area is 128 Å². The average Bonchev–Trinajstić information content (AvgIpc) is 2.89. The second kappa shape index (κ2) is 6.06. The number of amides is 1. The van der Waals surface area contributed by atoms with Gasteiger partial charge < -0.3 is 20.4 Å². The average molecular weight is 304 g/mol. The minimum absolute atomic E-state index is 0.0492. The van der Waals surface area contributed by atoms with Crippen molar-refractivity contribution in [3.05, 3.63) is 29.8 Å². The summed E-state index contributed by atoms with van der Waals surface area (Å²) in [6.45, 7) is 0.169. The van der Waals surface area contributed by atoms with E-state index in [4.69, 9.17) is 15.3 Å². The molecule has 1 saturated heterocycles. The SMILES string of the molecule is N=C1CC(O)CCC1c1ccc(N2CC(CO)OC2=O)cc1. The fraction of sp³-hybridized carbons (Fsp3) is 0.500. The molecule has 6 nitrogen and oxygen atoms in total. The molecular weight excluding hydrogens is 284 g/mol. The molecule has 3 N–H and O–H groups in total. The van der Waals surface area contributed by atoms with Gasteiger partial charge in [0.25, 0.3) is 0 Å². The molecule has 0 spiro atoms. The number of aliphatic hydroxyl groups is 2. The maximum Gasteiger partial charge on any atom is 0.414 e. The number of anilines is 1. The van der Waals surface area contributed by atoms with Crippen LogP contribution in [0.2, 0.25) is 0 Å². The zero-order valence-corrected chi connectivity index (χ0v) is 12.2. The Morgan fingerprint density at radius 2 is 2.00 bits per heavy atom. The van der Waals surface area contributed by atoms with Crippen molar-refractivity contribution in [1.82, 2.24) is 0 Å². The normalized spacial score (nSPS) is 28.8. The molecule has 22 heavy (non-hydrogen) atoms. The molecule has 2 aliphatic rings. The molecule has 3 unspecified atom stereocenters. The lowest BCUT2D eigenvalue weighted by Crippen LogP contribution is -2.26. The van der Waals surface area contributed by atoms with Gasteiger partial charge in [-0.25, -0.2) is 4.79 Å². The van der Waals surface area contributed by atoms with Crippen molar-refractivity contribution < 1.29 is 19.7 Å². The van der Waals surface area contributed by atoms with Gasteiger partial charge in [-0.3, -0.25) is 4.90 Å². The maximum absolute atomic E-state index is 11.7. The first-order valence-corrected chi connectivity index (χ1v) is 7.53. The van der Waals surface area contributed by atoms with E-state index in [0.29, 0.717) is 25.1 Å². The number of nitrogens with zero attached hydrogens (tertiary/aromatic N) is 1. The van der Waals surface area contributed by atoms with Gasteiger partial charge in [-0.05, 0) is 30.5 Å². The number of benzene rings is 1. The smallest absolute Gasteiger partial charge is 0.414 e. The Kier molecular flexibility index (Phi) is 4.13. The van der Waals surface area contributed by atoms with E-state index in [-0.39, 0.29) is 12.5 Å². The van der Waals surface area contributed by atoms with E-state index in [2.05, 4.69) is 0 Å². The number of carbonyl (C=O) groups is 1. The molecule has 1 amide bonds. The van der Waals surface area contributed by atoms with Crippen molar-refractivity contribution in [3.63, 3.8) is 0 Å². The monoisotopic (exact) mass is 304 g/mol. The number of hydrogen-bond acceptors (Lipinski definition) is 5. The van der Waals surface area contributed by atoms with Crippen molar-refractivity contribution in [2.24, 2.45) is 0 Å². The van der Waals surface area contributed by atoms with Crippen molar-refractivity contribution in [2.45, 2.75) is 37.4 Å². The third-order valence-electron chi connectivity index (χ3n) is 4.35. The van der Waals surface area contributed by atoms with Crippen LogP contribution in [0, 0.1) is 5.41 Å². The van der Waals surface area contributed by atoms with Gasteiger partial charge >= 0.3 is 6.09 Å². The van der Waals surface area contributed by atoms with Crippen molar-refractivity contribution >= 4 is 17.5 Å². The lowest BCUT2D eigenvalue weighted by Gasteiger charge is -2.27. The predicted molar refractivity (Wildman–Crippen MR) is 81.5 cm³/mol. The lowest BCUT2D eigenvalue weighted by molar-refractivity contribution is 0.0963. The number of rotatable bonds is 3. The van der Waals surface area contributed by atoms with Crippen LogP contribution in [-0.4, -0.2) is 47.4 Å². The second-order valence-electron chi connectivity index (χ2n) is 5.90. The highest BCUT2D eigenvalue weighted by atomic mass is 16.6. The first-order valence-electron chi connectivity index (χ1n) is 7.53. The Morgan fingerprint density at radius 1 is 1.27 bits per heavy atom. The van der Waals surface area contributed by atoms with E-state index in [0.717, 1.165) is 17.7 Å². The Bertz CT molecular complexity index is 551. The summed E-state index contributed by atoms with van der Waals surface area (Å²) in [5.74, 6) is 0.0492. The Hall–Kier alpha value is -1.92. The quantitative estimate of drug-likeness (QED) is 0.791. The number of aliphatic hydroxyl groups excluding tert-OH is 2. The number of carbonyl (C=O) groups excluding carboxylic acids is 1. The van der Waals surface area contributed by atoms with Gasteiger partial charge in [0, 0.05) is 23.7 Å². The van der Waals surface area contributed by atoms with Crippen LogP contribution in [0.5, 0.6) is 0 Å². The van der Waals surface area contributed by atoms with Crippen LogP contribution in [0.1, 0.15) is 30.7 Å². The molecule has 1 aliphatic carbocycles. The summed E-state index contributed by atoms with van der Waals surface area (Å²) in [7, 11) is 0. The highest BCUT2D eigenvalue weighted by Crippen LogP contribution is 2.32. The highest BCUT2D eigenvalue weighted by Gasteiger charge is 2.32. The van der Waals surface area contributed by atoms with Gasteiger partial charge in [-0.15, -0.1) is 0 Å². The standard InChI is InChI=1S/C16H20N2O4/c17-15-7-12(20)5-6-14(15)10-1-3-11(4-2-10)18-8-13(9-19)22-16(18)21/h1-4,12-14,17,19-20H,5-9H2. The van der Waals surface area contributed by atoms with E-state index >= 15 is 0 Å². The number of nitrogens with one attached hydrogen (secondary N) is 1. The number of hydrogen-bond donors (Lipinski definition) is 3. The highest BCUT2D eigenvalue weighted by molar-refractivity contribution is 5.91. The van der Waals surface area contributed by atoms with Gasteiger partial charge in [0.2, 0.25) is 0 Å². The fourth-order valence-electron chi connectivity index (χ4n) is 3.11. The van der Waals surface area contributed by atoms with Gasteiger partial charge in [0.05, 0.1) is 19.3 Å². The van der Waals surface area contributed by atoms with Crippen molar-refractivity contribution in [3.8, 4) is 0 Å². The van der Waals surface area contributed by atoms with Gasteiger partial charge in [0.15, 0.2) is 0 Å². The minimum atomic E-state index is -0.472. The number of cyclic esters (lactones) is 1. The predicted octanol–water partition coefficient (Wildman–Crippen LogP) is 1.65. The largest absolute Gasteiger partial charge is 0.441 e. The molecule has 1 heterocycles. The molecule has 3 rings (SSSR count). The molecular formula is C16H20N2O4. The van der Waals surface area contributed by atoms with Crippen LogP contribution >= 0.6 is 0 Å². The third-order valence-corrected chi connectivity index (χ3v) is 4.35. The summed E-state index contributed by atoms with van der Waals surface area (Å²) in [4.78, 5) is 13.3. The number of ether oxygens (including phenoxy) is 1. The molecule has 0 radical (unpaired) electrons. The third kappa shape index (κ3) is 2.84. The Morgan fingerprint density at radius 3 is 2.59 bits per heavy atom. The molecule has 118 valence electrons. The zero-order chi connectivity index (χ0) is 15.7. The molecule has 2 fully saturated rings. The summed E-state index contributed by atoms with van der Waals surface area (Å²) in [6.07, 6.45) is 0.616. The molecule has 1 saturated carbocycles. The first-order chi connectivity index (χ1) is 10.6. The van der Waals surface area contributed by atoms with Crippen LogP contribution in [0.15, 0.2) is 24.3 Å². The summed E-state index contributed by atoms with van der Waals surface area (Å²) >= 11 is 0. The van der Waals surface area contributed by atoms with E-state index < -0.39 is 18.3 Å². The summed E-state index contributed by atoms with van der Waals surface area (Å²) in [5.41, 5.74) is 2.33. The van der Waals surface area contributed by atoms with E-state index in [9.17, 15) is 9.90 Å². The summed E-state index contributed by atoms with van der Waals surface area (Å²) in [6, 6.07) is 7.53. The van der Waals surface area contributed by atoms with Gasteiger partial charge in [-0.2, -0.15) is 0 Å². The first kappa shape index (κ1) is 15.0. The Balaban J connectivity index is 1.73. The van der Waals surface area contributed by atoms with Crippen LogP contribution in [-0.2, 0) is 4.74 Å². The van der Waals surface area contributed by atoms with Crippen molar-refractivity contribution in [1.29, 1.82) is 5.41 Å². The molecule has 1 aliphatic heterocycles. The van der Waals surface area contributed by atoms with Crippen molar-refractivity contribution in [2.75, 3.05) is 18.1 Å². The molecule has 0 aromatic heterocycles. The van der Waals surface area contributed by atoms with Gasteiger partial charge in [0.1, 0.15) is 6.10 Å². The lowest BCUT2D eigenvalue weighted by atomic mass is 9.81. The van der Waals surface area contributed by atoms with Crippen LogP contribution < -0.4 is 4.90 Å². The molecule has 0 bridgehead atoms. The van der Waals surface area contributed by atoms with E-state index in [1.807, 2.05) is 24.3 Å². The molecule has 1 aromatic carbocycles. The summed E-state index contributed by atoms with van der Waals surface area (Å²) in [5, 5.41) is 26.7. The fourth-order valence-corrected chi connectivity index (χ4v) is 3.11. The topological polar surface area (TPSA) is 93.8 Å². The van der Waals surface area contributed by atoms with Crippen LogP contribution in [0.4, 0.5) is 10.5 Å².